The molecule has 6 nitrogen and oxygen atoms in total. The summed E-state index contributed by atoms with van der Waals surface area (Å²) in [6, 6.07) is 7.37. The molecule has 2 unspecified atom stereocenters. The van der Waals surface area contributed by atoms with Crippen molar-refractivity contribution in [3.8, 4) is 0 Å². The third-order valence-electron chi connectivity index (χ3n) is 4.90. The Morgan fingerprint density at radius 3 is 2.87 bits per heavy atom. The first-order valence-corrected chi connectivity index (χ1v) is 7.76. The second-order valence-corrected chi connectivity index (χ2v) is 6.25. The Balaban J connectivity index is 1.90. The Morgan fingerprint density at radius 2 is 2.09 bits per heavy atom. The maximum Gasteiger partial charge on any atom is 0.245 e. The van der Waals surface area contributed by atoms with Crippen LogP contribution >= 0.6 is 0 Å². The van der Waals surface area contributed by atoms with Gasteiger partial charge in [0.2, 0.25) is 11.8 Å². The molecule has 1 saturated heterocycles. The normalized spacial score (nSPS) is 24.1. The minimum absolute atomic E-state index is 0.00151. The van der Waals surface area contributed by atoms with Crippen molar-refractivity contribution in [3.05, 3.63) is 35.5 Å². The highest BCUT2D eigenvalue weighted by molar-refractivity contribution is 5.97. The van der Waals surface area contributed by atoms with E-state index in [0.717, 1.165) is 22.2 Å². The van der Waals surface area contributed by atoms with Crippen molar-refractivity contribution < 1.29 is 14.3 Å². The lowest BCUT2D eigenvalue weighted by Crippen LogP contribution is -2.62. The molecular weight excluding hydrogens is 294 g/mol. The number of carbonyl (C=O) groups excluding carboxylic acids is 2. The maximum atomic E-state index is 12.6. The number of hydrogen-bond acceptors (Lipinski definition) is 3. The van der Waals surface area contributed by atoms with Gasteiger partial charge in [0, 0.05) is 37.2 Å². The number of aromatic nitrogens is 1. The van der Waals surface area contributed by atoms with Crippen LogP contribution in [0, 0.1) is 0 Å². The van der Waals surface area contributed by atoms with E-state index in [9.17, 15) is 9.59 Å². The Morgan fingerprint density at radius 1 is 1.30 bits per heavy atom. The van der Waals surface area contributed by atoms with Crippen molar-refractivity contribution in [2.75, 3.05) is 27.3 Å². The van der Waals surface area contributed by atoms with Crippen LogP contribution < -0.4 is 0 Å². The predicted octanol–water partition coefficient (Wildman–Crippen LogP) is 1.08. The molecule has 3 heterocycles. The highest BCUT2D eigenvalue weighted by Crippen LogP contribution is 2.39. The third-order valence-corrected chi connectivity index (χ3v) is 4.90. The summed E-state index contributed by atoms with van der Waals surface area (Å²) in [6.07, 6.45) is 0.550. The summed E-state index contributed by atoms with van der Waals surface area (Å²) in [5, 5.41) is 1.12. The number of rotatable bonds is 2. The van der Waals surface area contributed by atoms with Crippen molar-refractivity contribution in [2.24, 2.45) is 0 Å². The van der Waals surface area contributed by atoms with Crippen LogP contribution in [0.4, 0.5) is 0 Å². The van der Waals surface area contributed by atoms with E-state index in [0.29, 0.717) is 13.0 Å². The number of H-pyrrole nitrogens is 1. The van der Waals surface area contributed by atoms with Gasteiger partial charge in [-0.1, -0.05) is 18.2 Å². The van der Waals surface area contributed by atoms with Crippen LogP contribution in [-0.4, -0.2) is 59.9 Å². The number of fused-ring (bicyclic) bond motifs is 4. The lowest BCUT2D eigenvalue weighted by Gasteiger charge is -2.45. The molecule has 0 radical (unpaired) electrons. The highest BCUT2D eigenvalue weighted by Gasteiger charge is 2.46. The molecule has 1 N–H and O–H groups in total. The molecule has 120 valence electrons. The molecule has 2 aliphatic heterocycles. The van der Waals surface area contributed by atoms with Crippen molar-refractivity contribution in [2.45, 2.75) is 18.5 Å². The first-order chi connectivity index (χ1) is 11.1. The fourth-order valence-electron chi connectivity index (χ4n) is 3.87. The molecule has 1 aromatic heterocycles. The molecule has 2 atom stereocenters. The molecule has 0 aliphatic carbocycles. The standard InChI is InChI=1S/C17H19N3O3/c1-19-8-15(21)20-13(17(19)22)7-11-10-5-3-4-6-12(10)18-16(11)14(20)9-23-2/h3-6,13-14,18H,7-9H2,1-2H3. The van der Waals surface area contributed by atoms with Crippen LogP contribution in [0.25, 0.3) is 10.9 Å². The van der Waals surface area contributed by atoms with Crippen molar-refractivity contribution >= 4 is 22.7 Å². The number of carbonyl (C=O) groups is 2. The average Bonchev–Trinajstić information content (AvgIpc) is 2.91. The molecule has 0 bridgehead atoms. The molecule has 0 saturated carbocycles. The van der Waals surface area contributed by atoms with Gasteiger partial charge in [0.25, 0.3) is 0 Å². The summed E-state index contributed by atoms with van der Waals surface area (Å²) in [7, 11) is 3.31. The summed E-state index contributed by atoms with van der Waals surface area (Å²) in [5.74, 6) is -0.0231. The highest BCUT2D eigenvalue weighted by atomic mass is 16.5. The summed E-state index contributed by atoms with van der Waals surface area (Å²) in [5.41, 5.74) is 3.15. The van der Waals surface area contributed by atoms with Crippen molar-refractivity contribution in [1.82, 2.24) is 14.8 Å². The number of ether oxygens (including phenoxy) is 1. The van der Waals surface area contributed by atoms with E-state index in [1.807, 2.05) is 18.2 Å². The third kappa shape index (κ3) is 1.98. The van der Waals surface area contributed by atoms with E-state index in [1.165, 1.54) is 4.90 Å². The van der Waals surface area contributed by atoms with Crippen LogP contribution in [0.5, 0.6) is 0 Å². The number of nitrogens with zero attached hydrogens (tertiary/aromatic N) is 2. The molecule has 2 aromatic rings. The molecule has 2 aliphatic rings. The fourth-order valence-corrected chi connectivity index (χ4v) is 3.87. The number of benzene rings is 1. The first-order valence-electron chi connectivity index (χ1n) is 7.76. The SMILES string of the molecule is COCC1c2[nH]c3ccccc3c2CC2C(=O)N(C)CC(=O)N21. The lowest BCUT2D eigenvalue weighted by atomic mass is 9.89. The number of aromatic amines is 1. The molecule has 2 amide bonds. The number of nitrogens with one attached hydrogen (secondary N) is 1. The zero-order valence-electron chi connectivity index (χ0n) is 13.2. The van der Waals surface area contributed by atoms with E-state index >= 15 is 0 Å². The molecule has 1 aromatic carbocycles. The van der Waals surface area contributed by atoms with E-state index in [1.54, 1.807) is 19.1 Å². The second-order valence-electron chi connectivity index (χ2n) is 6.25. The van der Waals surface area contributed by atoms with Crippen molar-refractivity contribution in [3.63, 3.8) is 0 Å². The summed E-state index contributed by atoms with van der Waals surface area (Å²) in [6.45, 7) is 0.504. The Labute approximate surface area is 134 Å². The van der Waals surface area contributed by atoms with Gasteiger partial charge in [-0.05, 0) is 11.6 Å². The first kappa shape index (κ1) is 14.3. The van der Waals surface area contributed by atoms with Gasteiger partial charge < -0.3 is 19.5 Å². The number of piperazine rings is 1. The van der Waals surface area contributed by atoms with E-state index < -0.39 is 6.04 Å². The summed E-state index contributed by atoms with van der Waals surface area (Å²) >= 11 is 0. The topological polar surface area (TPSA) is 65.6 Å². The summed E-state index contributed by atoms with van der Waals surface area (Å²) < 4.78 is 5.35. The maximum absolute atomic E-state index is 12.6. The Bertz CT molecular complexity index is 797. The average molecular weight is 313 g/mol. The zero-order valence-corrected chi connectivity index (χ0v) is 13.2. The molecule has 0 spiro atoms. The number of methoxy groups -OCH3 is 1. The summed E-state index contributed by atoms with van der Waals surface area (Å²) in [4.78, 5) is 31.8. The monoisotopic (exact) mass is 313 g/mol. The molecule has 4 rings (SSSR count). The minimum atomic E-state index is -0.437. The number of likely N-dealkylation sites (N-methyl/N-ethyl adjacent to an activating group) is 1. The zero-order chi connectivity index (χ0) is 16.1. The predicted molar refractivity (Wildman–Crippen MR) is 84.9 cm³/mol. The molecule has 1 fully saturated rings. The Kier molecular flexibility index (Phi) is 3.16. The minimum Gasteiger partial charge on any atom is -0.382 e. The van der Waals surface area contributed by atoms with Crippen LogP contribution in [0.2, 0.25) is 0 Å². The quantitative estimate of drug-likeness (QED) is 0.902. The van der Waals surface area contributed by atoms with Crippen LogP contribution in [0.1, 0.15) is 17.3 Å². The fraction of sp³-hybridized carbons (Fsp3) is 0.412. The van der Waals surface area contributed by atoms with Gasteiger partial charge in [-0.3, -0.25) is 9.59 Å². The Hall–Kier alpha value is -2.34. The second kappa shape index (κ2) is 5.09. The van der Waals surface area contributed by atoms with Gasteiger partial charge in [-0.15, -0.1) is 0 Å². The van der Waals surface area contributed by atoms with E-state index in [4.69, 9.17) is 4.74 Å². The van der Waals surface area contributed by atoms with Crippen LogP contribution in [-0.2, 0) is 20.7 Å². The van der Waals surface area contributed by atoms with Crippen molar-refractivity contribution in [1.29, 1.82) is 0 Å². The number of para-hydroxylation sites is 1. The molecule has 6 heteroatoms. The van der Waals surface area contributed by atoms with Crippen LogP contribution in [0.15, 0.2) is 24.3 Å². The van der Waals surface area contributed by atoms with Gasteiger partial charge >= 0.3 is 0 Å². The van der Waals surface area contributed by atoms with Gasteiger partial charge in [0.15, 0.2) is 0 Å². The smallest absolute Gasteiger partial charge is 0.245 e. The molecular formula is C17H19N3O3. The lowest BCUT2D eigenvalue weighted by molar-refractivity contribution is -0.159. The van der Waals surface area contributed by atoms with Gasteiger partial charge in [-0.25, -0.2) is 0 Å². The van der Waals surface area contributed by atoms with Crippen LogP contribution in [0.3, 0.4) is 0 Å². The number of hydrogen-bond donors (Lipinski definition) is 1. The van der Waals surface area contributed by atoms with E-state index in [2.05, 4.69) is 11.1 Å². The molecule has 23 heavy (non-hydrogen) atoms. The van der Waals surface area contributed by atoms with Gasteiger partial charge in [0.1, 0.15) is 6.04 Å². The largest absolute Gasteiger partial charge is 0.382 e. The van der Waals surface area contributed by atoms with E-state index in [-0.39, 0.29) is 24.4 Å². The van der Waals surface area contributed by atoms with Gasteiger partial charge in [0.05, 0.1) is 19.2 Å². The van der Waals surface area contributed by atoms with Gasteiger partial charge in [-0.2, -0.15) is 0 Å². The number of amides is 2.